The maximum atomic E-state index is 9.37. The van der Waals surface area contributed by atoms with Crippen LogP contribution >= 0.6 is 0 Å². The monoisotopic (exact) mass is 383 g/mol. The van der Waals surface area contributed by atoms with Crippen molar-refractivity contribution >= 4 is 14.2 Å². The summed E-state index contributed by atoms with van der Waals surface area (Å²) < 4.78 is 3.69. The van der Waals surface area contributed by atoms with Gasteiger partial charge in [0, 0.05) is 0 Å². The molecule has 0 fully saturated rings. The van der Waals surface area contributed by atoms with Crippen molar-refractivity contribution in [2.75, 3.05) is 0 Å². The van der Waals surface area contributed by atoms with E-state index in [1.807, 2.05) is 36.5 Å². The minimum Gasteiger partial charge on any atom is -0.273 e. The van der Waals surface area contributed by atoms with Gasteiger partial charge in [0.2, 0.25) is 0 Å². The zero-order chi connectivity index (χ0) is 16.3. The smallest absolute Gasteiger partial charge is 0.273 e. The summed E-state index contributed by atoms with van der Waals surface area (Å²) in [5, 5.41) is 0. The van der Waals surface area contributed by atoms with Crippen LogP contribution in [0.15, 0.2) is 54.7 Å². The summed E-state index contributed by atoms with van der Waals surface area (Å²) in [6.45, 7) is 0. The number of hydrogen-bond acceptors (Lipinski definition) is 3. The van der Waals surface area contributed by atoms with E-state index in [9.17, 15) is 14.4 Å². The van der Waals surface area contributed by atoms with Crippen LogP contribution in [-0.4, -0.2) is 14.2 Å². The molecule has 0 heterocycles. The van der Waals surface area contributed by atoms with Gasteiger partial charge in [-0.2, -0.15) is 18.2 Å². The van der Waals surface area contributed by atoms with Crippen molar-refractivity contribution in [1.82, 2.24) is 0 Å². The molecule has 3 aliphatic rings. The van der Waals surface area contributed by atoms with Crippen LogP contribution in [0.1, 0.15) is 19.3 Å². The first-order chi connectivity index (χ1) is 10.8. The van der Waals surface area contributed by atoms with E-state index < -0.39 is 12.8 Å². The van der Waals surface area contributed by atoms with Gasteiger partial charge in [0.25, 0.3) is 0 Å². The molecule has 0 atom stereocenters. The zero-order valence-corrected chi connectivity index (χ0v) is 14.9. The minimum absolute atomic E-state index is 0. The molecule has 0 aromatic heterocycles. The summed E-state index contributed by atoms with van der Waals surface area (Å²) in [6.07, 6.45) is 30.0. The van der Waals surface area contributed by atoms with E-state index >= 15 is 0 Å². The quantitative estimate of drug-likeness (QED) is 0.605. The Hall–Kier alpha value is -1.76. The van der Waals surface area contributed by atoms with Crippen LogP contribution in [-0.2, 0) is 44.6 Å². The van der Waals surface area contributed by atoms with Gasteiger partial charge in [-0.05, 0) is 0 Å². The normalized spacial score (nSPS) is 13.0. The molecule has 0 spiro atoms. The van der Waals surface area contributed by atoms with E-state index in [1.165, 1.54) is 14.2 Å². The molecule has 3 nitrogen and oxygen atoms in total. The Labute approximate surface area is 150 Å². The summed E-state index contributed by atoms with van der Waals surface area (Å²) in [4.78, 5) is 28.1. The Kier molecular flexibility index (Phi) is 20.7. The fourth-order valence-electron chi connectivity index (χ4n) is 1.07. The van der Waals surface area contributed by atoms with Crippen LogP contribution in [0.2, 0.25) is 0 Å². The maximum Gasteiger partial charge on any atom is 2.00 e. The predicted molar refractivity (Wildman–Crippen MR) is 81.8 cm³/mol. The van der Waals surface area contributed by atoms with Crippen LogP contribution < -0.4 is 0 Å². The molecule has 0 saturated carbocycles. The SMILES string of the molecule is O=[C]=[Cr](=[C]=O)=[C]=O.[C-]1=CC=CC1.[C-]1=CC=CC1.[C-]1=CC=CC1.[Cr+2]. The fourth-order valence-corrected chi connectivity index (χ4v) is 1.23. The third-order valence-corrected chi connectivity index (χ3v) is 2.79. The Morgan fingerprint density at radius 2 is 0.957 bits per heavy atom. The van der Waals surface area contributed by atoms with Gasteiger partial charge >= 0.3 is 58.8 Å². The van der Waals surface area contributed by atoms with Crippen LogP contribution in [0.5, 0.6) is 0 Å². The molecule has 0 bridgehead atoms. The molecular weight excluding hydrogens is 368 g/mol. The van der Waals surface area contributed by atoms with Crippen molar-refractivity contribution in [2.24, 2.45) is 0 Å². The molecule has 118 valence electrons. The summed E-state index contributed by atoms with van der Waals surface area (Å²) in [5.41, 5.74) is 0. The number of allylic oxidation sites excluding steroid dienone is 12. The van der Waals surface area contributed by atoms with Crippen molar-refractivity contribution in [1.29, 1.82) is 0 Å². The number of rotatable bonds is 0. The second kappa shape index (κ2) is 20.2. The van der Waals surface area contributed by atoms with Crippen molar-refractivity contribution in [2.45, 2.75) is 19.3 Å². The van der Waals surface area contributed by atoms with Gasteiger partial charge in [0.05, 0.1) is 0 Å². The van der Waals surface area contributed by atoms with Gasteiger partial charge < -0.3 is 0 Å². The Morgan fingerprint density at radius 1 is 0.652 bits per heavy atom. The predicted octanol–water partition coefficient (Wildman–Crippen LogP) is 2.72. The summed E-state index contributed by atoms with van der Waals surface area (Å²) >= 11 is -2.47. The Morgan fingerprint density at radius 3 is 1.00 bits per heavy atom. The first-order valence-corrected chi connectivity index (χ1v) is 8.29. The zero-order valence-electron chi connectivity index (χ0n) is 12.4. The second-order valence-electron chi connectivity index (χ2n) is 3.57. The van der Waals surface area contributed by atoms with E-state index in [0.29, 0.717) is 0 Å². The molecule has 23 heavy (non-hydrogen) atoms. The topological polar surface area (TPSA) is 51.2 Å². The third kappa shape index (κ3) is 18.2. The summed E-state index contributed by atoms with van der Waals surface area (Å²) in [5.74, 6) is 0. The van der Waals surface area contributed by atoms with Gasteiger partial charge in [-0.25, -0.2) is 36.5 Å². The molecule has 3 aliphatic carbocycles. The molecule has 0 saturated heterocycles. The minimum atomic E-state index is -2.47. The van der Waals surface area contributed by atoms with E-state index in [4.69, 9.17) is 0 Å². The number of carbonyl (C=O) groups excluding carboxylic acids is 3. The molecule has 0 aromatic rings. The second-order valence-corrected chi connectivity index (χ2v) is 5.30. The molecule has 0 unspecified atom stereocenters. The summed E-state index contributed by atoms with van der Waals surface area (Å²) in [7, 11) is 0. The van der Waals surface area contributed by atoms with E-state index in [2.05, 4.69) is 36.5 Å². The van der Waals surface area contributed by atoms with Gasteiger partial charge in [0.1, 0.15) is 0 Å². The average Bonchev–Trinajstić information content (AvgIpc) is 3.38. The molecular formula is C18H15Cr2O3-. The molecule has 3 rings (SSSR count). The van der Waals surface area contributed by atoms with Crippen molar-refractivity contribution in [3.63, 3.8) is 0 Å². The molecule has 0 N–H and O–H groups in total. The van der Waals surface area contributed by atoms with E-state index in [0.717, 1.165) is 19.3 Å². The van der Waals surface area contributed by atoms with Gasteiger partial charge in [-0.15, -0.1) is 19.3 Å². The summed E-state index contributed by atoms with van der Waals surface area (Å²) in [6, 6.07) is 0. The average molecular weight is 383 g/mol. The Bertz CT molecular complexity index is 574. The van der Waals surface area contributed by atoms with Gasteiger partial charge in [-0.3, -0.25) is 18.2 Å². The standard InChI is InChI=1S/3C5H5.3CO.2Cr/c3*1-2-4-5-3-1;3*1-2;;/h3*1-3H,4H2;;;;;/q3*-1;;;;;+2. The number of hydrogen-bond donors (Lipinski definition) is 0. The van der Waals surface area contributed by atoms with Crippen LogP contribution in [0.4, 0.5) is 0 Å². The van der Waals surface area contributed by atoms with Crippen LogP contribution in [0.25, 0.3) is 0 Å². The molecule has 0 aromatic carbocycles. The molecule has 0 aliphatic heterocycles. The van der Waals surface area contributed by atoms with Gasteiger partial charge in [-0.1, -0.05) is 0 Å². The molecule has 0 amide bonds. The maximum absolute atomic E-state index is 9.37. The van der Waals surface area contributed by atoms with E-state index in [1.54, 1.807) is 0 Å². The fraction of sp³-hybridized carbons (Fsp3) is 0.167. The Balaban J connectivity index is 0. The van der Waals surface area contributed by atoms with Gasteiger partial charge in [0.15, 0.2) is 0 Å². The third-order valence-electron chi connectivity index (χ3n) is 2.01. The van der Waals surface area contributed by atoms with Crippen molar-refractivity contribution in [3.05, 3.63) is 72.9 Å². The van der Waals surface area contributed by atoms with Crippen LogP contribution in [0.3, 0.4) is 0 Å². The van der Waals surface area contributed by atoms with Crippen molar-refractivity contribution in [3.8, 4) is 0 Å². The van der Waals surface area contributed by atoms with E-state index in [-0.39, 0.29) is 17.4 Å². The first kappa shape index (κ1) is 23.5. The first-order valence-electron chi connectivity index (χ1n) is 6.38. The molecule has 0 radical (unpaired) electrons. The molecule has 5 heteroatoms. The largest absolute Gasteiger partial charge is 2.00 e. The van der Waals surface area contributed by atoms with Crippen molar-refractivity contribution < 1.29 is 44.6 Å². The van der Waals surface area contributed by atoms with Crippen LogP contribution in [0, 0.1) is 18.2 Å².